The minimum absolute atomic E-state index is 0.0461. The number of carboxylic acids is 1. The lowest BCUT2D eigenvalue weighted by Gasteiger charge is -2.05. The molecule has 5 nitrogen and oxygen atoms in total. The van der Waals surface area contributed by atoms with Gasteiger partial charge in [-0.25, -0.2) is 4.79 Å². The molecule has 2 rings (SSSR count). The van der Waals surface area contributed by atoms with Gasteiger partial charge in [0, 0.05) is 17.1 Å². The number of rotatable bonds is 5. The molecule has 0 bridgehead atoms. The minimum atomic E-state index is -1.37. The van der Waals surface area contributed by atoms with Crippen molar-refractivity contribution in [2.75, 3.05) is 0 Å². The van der Waals surface area contributed by atoms with Crippen molar-refractivity contribution < 1.29 is 14.1 Å². The van der Waals surface area contributed by atoms with Crippen LogP contribution in [0.5, 0.6) is 0 Å². The second kappa shape index (κ2) is 6.41. The van der Waals surface area contributed by atoms with Crippen molar-refractivity contribution in [1.29, 1.82) is 0 Å². The van der Waals surface area contributed by atoms with Gasteiger partial charge in [-0.3, -0.25) is 8.89 Å². The Morgan fingerprint density at radius 1 is 1.43 bits per heavy atom. The Bertz CT molecular complexity index is 697. The molecular weight excluding hydrogens is 312 g/mol. The molecule has 0 amide bonds. The fourth-order valence-corrected chi connectivity index (χ4v) is 3.03. The topological polar surface area (TPSA) is 72.2 Å². The molecule has 0 fully saturated rings. The summed E-state index contributed by atoms with van der Waals surface area (Å²) in [5, 5.41) is 13.5. The number of nitrogens with zero attached hydrogens (tertiary/aromatic N) is 2. The van der Waals surface area contributed by atoms with E-state index in [1.165, 1.54) is 12.1 Å². The lowest BCUT2D eigenvalue weighted by molar-refractivity contribution is 0.0697. The molecule has 0 spiro atoms. The molecule has 1 aromatic carbocycles. The number of hydrogen-bond donors (Lipinski definition) is 1. The highest BCUT2D eigenvalue weighted by Gasteiger charge is 2.14. The molecule has 0 radical (unpaired) electrons. The quantitative estimate of drug-likeness (QED) is 0.916. The molecule has 0 saturated heterocycles. The Morgan fingerprint density at radius 2 is 2.14 bits per heavy atom. The third-order valence-corrected chi connectivity index (χ3v) is 4.57. The van der Waals surface area contributed by atoms with Crippen molar-refractivity contribution in [2.24, 2.45) is 0 Å². The van der Waals surface area contributed by atoms with Gasteiger partial charge in [-0.15, -0.1) is 0 Å². The predicted molar refractivity (Wildman–Crippen MR) is 81.1 cm³/mol. The Labute approximate surface area is 130 Å². The molecule has 1 heterocycles. The zero-order valence-electron chi connectivity index (χ0n) is 11.6. The summed E-state index contributed by atoms with van der Waals surface area (Å²) in [5.41, 5.74) is 0.657. The fourth-order valence-electron chi connectivity index (χ4n) is 1.77. The maximum absolute atomic E-state index is 12.3. The van der Waals surface area contributed by atoms with Crippen molar-refractivity contribution in [1.82, 2.24) is 9.78 Å². The van der Waals surface area contributed by atoms with Crippen LogP contribution in [0.25, 0.3) is 0 Å². The molecule has 1 N–H and O–H groups in total. The van der Waals surface area contributed by atoms with E-state index in [0.29, 0.717) is 10.6 Å². The number of halogens is 1. The van der Waals surface area contributed by atoms with E-state index in [2.05, 4.69) is 5.10 Å². The smallest absolute Gasteiger partial charge is 0.337 e. The largest absolute Gasteiger partial charge is 0.478 e. The van der Waals surface area contributed by atoms with Crippen LogP contribution >= 0.6 is 11.6 Å². The van der Waals surface area contributed by atoms with E-state index in [1.54, 1.807) is 10.7 Å². The van der Waals surface area contributed by atoms with Gasteiger partial charge in [0.2, 0.25) is 0 Å². The summed E-state index contributed by atoms with van der Waals surface area (Å²) < 4.78 is 14.1. The average Bonchev–Trinajstić information content (AvgIpc) is 2.87. The first-order chi connectivity index (χ1) is 9.88. The van der Waals surface area contributed by atoms with Gasteiger partial charge in [-0.1, -0.05) is 11.6 Å². The first-order valence-corrected chi connectivity index (χ1v) is 8.03. The molecule has 1 atom stereocenters. The summed E-state index contributed by atoms with van der Waals surface area (Å²) in [7, 11) is -1.37. The zero-order chi connectivity index (χ0) is 15.6. The average molecular weight is 327 g/mol. The van der Waals surface area contributed by atoms with Crippen molar-refractivity contribution in [3.05, 3.63) is 46.7 Å². The number of benzene rings is 1. The third kappa shape index (κ3) is 3.71. The van der Waals surface area contributed by atoms with Crippen LogP contribution in [0, 0.1) is 0 Å². The summed E-state index contributed by atoms with van der Waals surface area (Å²) in [4.78, 5) is 11.5. The van der Waals surface area contributed by atoms with Crippen molar-refractivity contribution in [3.8, 4) is 0 Å². The minimum Gasteiger partial charge on any atom is -0.478 e. The van der Waals surface area contributed by atoms with Gasteiger partial charge < -0.3 is 5.11 Å². The fraction of sp³-hybridized carbons (Fsp3) is 0.286. The normalized spacial score (nSPS) is 12.6. The zero-order valence-corrected chi connectivity index (χ0v) is 13.2. The van der Waals surface area contributed by atoms with Crippen LogP contribution in [-0.4, -0.2) is 25.1 Å². The van der Waals surface area contributed by atoms with E-state index >= 15 is 0 Å². The van der Waals surface area contributed by atoms with Crippen LogP contribution in [0.2, 0.25) is 5.02 Å². The first kappa shape index (κ1) is 15.7. The lowest BCUT2D eigenvalue weighted by Crippen LogP contribution is -2.04. The van der Waals surface area contributed by atoms with Crippen LogP contribution < -0.4 is 0 Å². The molecule has 21 heavy (non-hydrogen) atoms. The van der Waals surface area contributed by atoms with Gasteiger partial charge >= 0.3 is 5.97 Å². The van der Waals surface area contributed by atoms with E-state index in [9.17, 15) is 9.00 Å². The van der Waals surface area contributed by atoms with Gasteiger partial charge in [0.1, 0.15) is 0 Å². The molecule has 0 aliphatic carbocycles. The van der Waals surface area contributed by atoms with Crippen molar-refractivity contribution in [2.45, 2.75) is 30.5 Å². The molecule has 0 aliphatic rings. The second-order valence-corrected chi connectivity index (χ2v) is 6.68. The lowest BCUT2D eigenvalue weighted by atomic mass is 10.2. The van der Waals surface area contributed by atoms with E-state index in [0.717, 1.165) is 0 Å². The van der Waals surface area contributed by atoms with E-state index in [4.69, 9.17) is 16.7 Å². The highest BCUT2D eigenvalue weighted by atomic mass is 35.5. The molecule has 7 heteroatoms. The van der Waals surface area contributed by atoms with E-state index in [1.807, 2.05) is 26.1 Å². The molecule has 0 aliphatic heterocycles. The maximum atomic E-state index is 12.3. The Morgan fingerprint density at radius 3 is 2.71 bits per heavy atom. The van der Waals surface area contributed by atoms with Gasteiger partial charge in [0.05, 0.1) is 32.8 Å². The predicted octanol–water partition coefficient (Wildman–Crippen LogP) is 3.12. The van der Waals surface area contributed by atoms with Crippen LogP contribution in [-0.2, 0) is 16.6 Å². The Kier molecular flexibility index (Phi) is 4.80. The monoisotopic (exact) mass is 326 g/mol. The second-order valence-electron chi connectivity index (χ2n) is 4.82. The van der Waals surface area contributed by atoms with Gasteiger partial charge in [0.25, 0.3) is 0 Å². The van der Waals surface area contributed by atoms with Crippen LogP contribution in [0.15, 0.2) is 35.4 Å². The third-order valence-electron chi connectivity index (χ3n) is 2.90. The van der Waals surface area contributed by atoms with E-state index < -0.39 is 16.8 Å². The summed E-state index contributed by atoms with van der Waals surface area (Å²) in [6.07, 6.45) is 1.84. The summed E-state index contributed by atoms with van der Waals surface area (Å²) >= 11 is 5.80. The molecule has 1 unspecified atom stereocenters. The highest BCUT2D eigenvalue weighted by molar-refractivity contribution is 7.84. The molecule has 2 aromatic rings. The maximum Gasteiger partial charge on any atom is 0.337 e. The molecule has 1 aromatic heterocycles. The Hall–Kier alpha value is -1.66. The number of aromatic nitrogens is 2. The van der Waals surface area contributed by atoms with Gasteiger partial charge in [0.15, 0.2) is 0 Å². The van der Waals surface area contributed by atoms with Crippen LogP contribution in [0.4, 0.5) is 0 Å². The summed E-state index contributed by atoms with van der Waals surface area (Å²) in [5.74, 6) is -0.900. The van der Waals surface area contributed by atoms with Crippen LogP contribution in [0.3, 0.4) is 0 Å². The van der Waals surface area contributed by atoms with Gasteiger partial charge in [-0.2, -0.15) is 5.10 Å². The number of hydrogen-bond acceptors (Lipinski definition) is 3. The number of carboxylic acid groups (broad SMARTS) is 1. The standard InChI is InChI=1S/C14H15ClN2O3S/c1-9(2)17-6-5-10(16-17)8-21(20)11-3-4-13(15)12(7-11)14(18)19/h3-7,9H,8H2,1-2H3,(H,18,19). The molecule has 112 valence electrons. The first-order valence-electron chi connectivity index (χ1n) is 6.33. The van der Waals surface area contributed by atoms with Crippen molar-refractivity contribution in [3.63, 3.8) is 0 Å². The highest BCUT2D eigenvalue weighted by Crippen LogP contribution is 2.21. The summed E-state index contributed by atoms with van der Waals surface area (Å²) in [6.45, 7) is 4.01. The number of aromatic carboxylic acids is 1. The summed E-state index contributed by atoms with van der Waals surface area (Å²) in [6, 6.07) is 6.42. The molecular formula is C14H15ClN2O3S. The number of carbonyl (C=O) groups is 1. The Balaban J connectivity index is 2.20. The SMILES string of the molecule is CC(C)n1ccc(CS(=O)c2ccc(Cl)c(C(=O)O)c2)n1. The van der Waals surface area contributed by atoms with Gasteiger partial charge in [-0.05, 0) is 38.1 Å². The molecule has 0 saturated carbocycles. The van der Waals surface area contributed by atoms with Crippen LogP contribution in [0.1, 0.15) is 35.9 Å². The van der Waals surface area contributed by atoms with E-state index in [-0.39, 0.29) is 22.4 Å². The van der Waals surface area contributed by atoms with Crippen molar-refractivity contribution >= 4 is 28.4 Å².